The normalized spacial score (nSPS) is 10.8. The van der Waals surface area contributed by atoms with Crippen molar-refractivity contribution in [1.82, 2.24) is 10.0 Å². The Balaban J connectivity index is 3.75. The maximum atomic E-state index is 10.3. The summed E-state index contributed by atoms with van der Waals surface area (Å²) >= 11 is 0. The van der Waals surface area contributed by atoms with Gasteiger partial charge in [-0.1, -0.05) is 0 Å². The third-order valence-corrected chi connectivity index (χ3v) is 1.60. The number of carboxylic acid groups (broad SMARTS) is 2. The minimum absolute atomic E-state index is 0.000455. The Bertz CT molecular complexity index is 195. The van der Waals surface area contributed by atoms with Crippen LogP contribution in [0.4, 0.5) is 0 Å². The highest BCUT2D eigenvalue weighted by molar-refractivity contribution is 5.69. The SMILES string of the molecule is CN(CCC(=O)O)N(C)CC(=O)O. The predicted molar refractivity (Wildman–Crippen MR) is 45.1 cm³/mol. The van der Waals surface area contributed by atoms with Gasteiger partial charge in [-0.2, -0.15) is 0 Å². The largest absolute Gasteiger partial charge is 0.481 e. The van der Waals surface area contributed by atoms with E-state index in [1.54, 1.807) is 19.1 Å². The first kappa shape index (κ1) is 11.9. The number of likely N-dealkylation sites (N-methyl/N-ethyl adjacent to an activating group) is 1. The molecule has 6 nitrogen and oxygen atoms in total. The Morgan fingerprint density at radius 2 is 1.62 bits per heavy atom. The lowest BCUT2D eigenvalue weighted by atomic mass is 10.4. The zero-order chi connectivity index (χ0) is 10.4. The Kier molecular flexibility index (Phi) is 5.01. The molecular weight excluding hydrogens is 176 g/mol. The van der Waals surface area contributed by atoms with Crippen LogP contribution in [0.25, 0.3) is 0 Å². The fourth-order valence-electron chi connectivity index (χ4n) is 0.745. The number of hydrazine groups is 1. The molecule has 0 unspecified atom stereocenters. The summed E-state index contributed by atoms with van der Waals surface area (Å²) in [5.74, 6) is -1.83. The molecule has 0 radical (unpaired) electrons. The average Bonchev–Trinajstić information content (AvgIpc) is 1.98. The molecule has 0 saturated heterocycles. The third kappa shape index (κ3) is 6.06. The molecule has 0 amide bonds. The number of hydrogen-bond donors (Lipinski definition) is 2. The highest BCUT2D eigenvalue weighted by atomic mass is 16.4. The van der Waals surface area contributed by atoms with Gasteiger partial charge in [0.05, 0.1) is 6.42 Å². The molecule has 0 aliphatic heterocycles. The van der Waals surface area contributed by atoms with Gasteiger partial charge in [0.1, 0.15) is 6.54 Å². The molecule has 0 heterocycles. The van der Waals surface area contributed by atoms with Crippen molar-refractivity contribution >= 4 is 11.9 Å². The molecule has 0 spiro atoms. The van der Waals surface area contributed by atoms with Crippen molar-refractivity contribution in [2.24, 2.45) is 0 Å². The van der Waals surface area contributed by atoms with Crippen molar-refractivity contribution < 1.29 is 19.8 Å². The number of carbonyl (C=O) groups is 2. The summed E-state index contributed by atoms with van der Waals surface area (Å²) in [4.78, 5) is 20.5. The van der Waals surface area contributed by atoms with Gasteiger partial charge in [0, 0.05) is 20.6 Å². The van der Waals surface area contributed by atoms with Crippen molar-refractivity contribution in [3.05, 3.63) is 0 Å². The molecule has 0 aromatic carbocycles. The molecule has 0 aromatic rings. The predicted octanol–water partition coefficient (Wildman–Crippen LogP) is -0.676. The number of aliphatic carboxylic acids is 2. The molecule has 0 fully saturated rings. The number of rotatable bonds is 6. The molecule has 0 rings (SSSR count). The lowest BCUT2D eigenvalue weighted by molar-refractivity contribution is -0.142. The first-order chi connectivity index (χ1) is 5.93. The zero-order valence-electron chi connectivity index (χ0n) is 7.73. The lowest BCUT2D eigenvalue weighted by Crippen LogP contribution is -2.40. The molecule has 0 aliphatic rings. The Labute approximate surface area is 76.3 Å². The first-order valence-electron chi connectivity index (χ1n) is 3.79. The molecular formula is C7H14N2O4. The Morgan fingerprint density at radius 3 is 2.00 bits per heavy atom. The van der Waals surface area contributed by atoms with Crippen LogP contribution in [0.3, 0.4) is 0 Å². The smallest absolute Gasteiger partial charge is 0.319 e. The van der Waals surface area contributed by atoms with Gasteiger partial charge >= 0.3 is 11.9 Å². The summed E-state index contributed by atoms with van der Waals surface area (Å²) in [6.45, 7) is 0.176. The van der Waals surface area contributed by atoms with E-state index in [4.69, 9.17) is 10.2 Å². The van der Waals surface area contributed by atoms with E-state index in [0.29, 0.717) is 6.54 Å². The molecule has 0 aromatic heterocycles. The molecule has 13 heavy (non-hydrogen) atoms. The molecule has 0 saturated carbocycles. The lowest BCUT2D eigenvalue weighted by Gasteiger charge is -2.25. The van der Waals surface area contributed by atoms with Crippen molar-refractivity contribution in [1.29, 1.82) is 0 Å². The highest BCUT2D eigenvalue weighted by Crippen LogP contribution is 1.92. The standard InChI is InChI=1S/C7H14N2O4/c1-8(4-3-6(10)11)9(2)5-7(12)13/h3-5H2,1-2H3,(H,10,11)(H,12,13). The maximum Gasteiger partial charge on any atom is 0.319 e. The van der Waals surface area contributed by atoms with Crippen molar-refractivity contribution in [3.8, 4) is 0 Å². The number of carboxylic acids is 2. The minimum Gasteiger partial charge on any atom is -0.481 e. The first-order valence-corrected chi connectivity index (χ1v) is 3.79. The van der Waals surface area contributed by atoms with Crippen LogP contribution in [0.1, 0.15) is 6.42 Å². The zero-order valence-corrected chi connectivity index (χ0v) is 7.73. The second-order valence-corrected chi connectivity index (χ2v) is 2.73. The Hall–Kier alpha value is -1.14. The van der Waals surface area contributed by atoms with Crippen molar-refractivity contribution in [3.63, 3.8) is 0 Å². The highest BCUT2D eigenvalue weighted by Gasteiger charge is 2.10. The molecule has 2 N–H and O–H groups in total. The molecule has 0 bridgehead atoms. The number of nitrogens with zero attached hydrogens (tertiary/aromatic N) is 2. The van der Waals surface area contributed by atoms with Gasteiger partial charge in [-0.3, -0.25) is 9.59 Å². The summed E-state index contributed by atoms with van der Waals surface area (Å²) in [6, 6.07) is 0. The molecule has 0 atom stereocenters. The van der Waals surface area contributed by atoms with E-state index in [2.05, 4.69) is 0 Å². The summed E-state index contributed by atoms with van der Waals surface area (Å²) in [5, 5.41) is 19.8. The Morgan fingerprint density at radius 1 is 1.08 bits per heavy atom. The van der Waals surface area contributed by atoms with E-state index in [1.165, 1.54) is 5.01 Å². The van der Waals surface area contributed by atoms with Gasteiger partial charge in [-0.25, -0.2) is 10.0 Å². The number of hydrogen-bond acceptors (Lipinski definition) is 4. The quantitative estimate of drug-likeness (QED) is 0.540. The topological polar surface area (TPSA) is 81.1 Å². The van der Waals surface area contributed by atoms with Gasteiger partial charge < -0.3 is 10.2 Å². The van der Waals surface area contributed by atoms with Gasteiger partial charge in [0.15, 0.2) is 0 Å². The minimum atomic E-state index is -0.940. The fraction of sp³-hybridized carbons (Fsp3) is 0.714. The van der Waals surface area contributed by atoms with Crippen LogP contribution in [-0.2, 0) is 9.59 Å². The van der Waals surface area contributed by atoms with E-state index < -0.39 is 11.9 Å². The van der Waals surface area contributed by atoms with Crippen molar-refractivity contribution in [2.45, 2.75) is 6.42 Å². The molecule has 6 heteroatoms. The van der Waals surface area contributed by atoms with Crippen molar-refractivity contribution in [2.75, 3.05) is 27.2 Å². The van der Waals surface area contributed by atoms with Crippen LogP contribution in [-0.4, -0.2) is 59.4 Å². The second kappa shape index (κ2) is 5.50. The summed E-state index contributed by atoms with van der Waals surface area (Å²) in [5.41, 5.74) is 0. The van der Waals surface area contributed by atoms with Crippen LogP contribution >= 0.6 is 0 Å². The summed E-state index contributed by atoms with van der Waals surface area (Å²) < 4.78 is 0. The van der Waals surface area contributed by atoms with Gasteiger partial charge in [-0.15, -0.1) is 0 Å². The second-order valence-electron chi connectivity index (χ2n) is 2.73. The van der Waals surface area contributed by atoms with E-state index in [9.17, 15) is 9.59 Å². The van der Waals surface area contributed by atoms with E-state index in [0.717, 1.165) is 0 Å². The van der Waals surface area contributed by atoms with Gasteiger partial charge in [0.2, 0.25) is 0 Å². The van der Waals surface area contributed by atoms with E-state index in [1.807, 2.05) is 0 Å². The summed E-state index contributed by atoms with van der Waals surface area (Å²) in [6.07, 6.45) is 0.000455. The van der Waals surface area contributed by atoms with Crippen LogP contribution in [0, 0.1) is 0 Å². The monoisotopic (exact) mass is 190 g/mol. The van der Waals surface area contributed by atoms with E-state index >= 15 is 0 Å². The maximum absolute atomic E-state index is 10.3. The molecule has 76 valence electrons. The third-order valence-electron chi connectivity index (χ3n) is 1.60. The van der Waals surface area contributed by atoms with Gasteiger partial charge in [-0.05, 0) is 0 Å². The average molecular weight is 190 g/mol. The summed E-state index contributed by atoms with van der Waals surface area (Å²) in [7, 11) is 3.24. The van der Waals surface area contributed by atoms with Crippen LogP contribution in [0.15, 0.2) is 0 Å². The van der Waals surface area contributed by atoms with Gasteiger partial charge in [0.25, 0.3) is 0 Å². The van der Waals surface area contributed by atoms with Crippen LogP contribution < -0.4 is 0 Å². The van der Waals surface area contributed by atoms with Crippen LogP contribution in [0.2, 0.25) is 0 Å². The van der Waals surface area contributed by atoms with E-state index in [-0.39, 0.29) is 13.0 Å². The fourth-order valence-corrected chi connectivity index (χ4v) is 0.745. The van der Waals surface area contributed by atoms with Crippen LogP contribution in [0.5, 0.6) is 0 Å². The molecule has 0 aliphatic carbocycles.